The molecule has 4 heteroatoms. The second kappa shape index (κ2) is 3.73. The molecule has 0 saturated carbocycles. The fourth-order valence-electron chi connectivity index (χ4n) is 1.37. The van der Waals surface area contributed by atoms with Gasteiger partial charge in [0.1, 0.15) is 5.82 Å². The fourth-order valence-corrected chi connectivity index (χ4v) is 1.37. The molecule has 78 valence electrons. The van der Waals surface area contributed by atoms with E-state index in [1.165, 1.54) is 13.2 Å². The number of hydrogen-bond donors (Lipinski definition) is 1. The highest BCUT2D eigenvalue weighted by Gasteiger charge is 2.06. The summed E-state index contributed by atoms with van der Waals surface area (Å²) >= 11 is 0. The van der Waals surface area contributed by atoms with E-state index in [4.69, 9.17) is 4.74 Å². The zero-order valence-corrected chi connectivity index (χ0v) is 8.54. The first kappa shape index (κ1) is 9.71. The molecule has 1 N–H and O–H groups in total. The Balaban J connectivity index is 2.42. The van der Waals surface area contributed by atoms with Crippen molar-refractivity contribution in [2.75, 3.05) is 7.11 Å². The van der Waals surface area contributed by atoms with Crippen LogP contribution in [0.2, 0.25) is 0 Å². The lowest BCUT2D eigenvalue weighted by Gasteiger charge is -2.02. The van der Waals surface area contributed by atoms with Crippen molar-refractivity contribution in [2.45, 2.75) is 6.92 Å². The maximum atomic E-state index is 13.4. The van der Waals surface area contributed by atoms with Crippen molar-refractivity contribution in [3.8, 4) is 17.1 Å². The minimum atomic E-state index is -0.385. The summed E-state index contributed by atoms with van der Waals surface area (Å²) in [5.41, 5.74) is 1.66. The summed E-state index contributed by atoms with van der Waals surface area (Å²) in [6.07, 6.45) is 1.71. The molecule has 1 aromatic carbocycles. The van der Waals surface area contributed by atoms with Gasteiger partial charge in [-0.3, -0.25) is 0 Å². The van der Waals surface area contributed by atoms with Crippen LogP contribution >= 0.6 is 0 Å². The van der Waals surface area contributed by atoms with E-state index < -0.39 is 0 Å². The Morgan fingerprint density at radius 2 is 2.20 bits per heavy atom. The third-order valence-electron chi connectivity index (χ3n) is 2.13. The lowest BCUT2D eigenvalue weighted by Crippen LogP contribution is -1.89. The first-order valence-electron chi connectivity index (χ1n) is 4.56. The van der Waals surface area contributed by atoms with Gasteiger partial charge >= 0.3 is 0 Å². The molecule has 0 aliphatic heterocycles. The number of H-pyrrole nitrogens is 1. The molecule has 0 aliphatic carbocycles. The molecule has 2 rings (SSSR count). The van der Waals surface area contributed by atoms with Gasteiger partial charge in [0.2, 0.25) is 0 Å². The molecule has 3 nitrogen and oxygen atoms in total. The van der Waals surface area contributed by atoms with E-state index in [1.54, 1.807) is 18.3 Å². The number of rotatable bonds is 2. The molecule has 0 bridgehead atoms. The molecular weight excluding hydrogens is 195 g/mol. The number of aryl methyl sites for hydroxylation is 1. The predicted octanol–water partition coefficient (Wildman–Crippen LogP) is 2.53. The SMILES string of the molecule is COc1ccc(-c2ncc(C)[nH]2)cc1F. The smallest absolute Gasteiger partial charge is 0.165 e. The van der Waals surface area contributed by atoms with Crippen LogP contribution in [0.25, 0.3) is 11.4 Å². The van der Waals surface area contributed by atoms with Gasteiger partial charge in [0, 0.05) is 17.5 Å². The summed E-state index contributed by atoms with van der Waals surface area (Å²) in [7, 11) is 1.44. The number of imidazole rings is 1. The lowest BCUT2D eigenvalue weighted by molar-refractivity contribution is 0.386. The summed E-state index contributed by atoms with van der Waals surface area (Å²) in [6, 6.07) is 4.75. The van der Waals surface area contributed by atoms with Gasteiger partial charge in [0.15, 0.2) is 11.6 Å². The van der Waals surface area contributed by atoms with Crippen molar-refractivity contribution >= 4 is 0 Å². The largest absolute Gasteiger partial charge is 0.494 e. The molecule has 0 saturated heterocycles. The standard InChI is InChI=1S/C11H11FN2O/c1-7-6-13-11(14-7)8-3-4-10(15-2)9(12)5-8/h3-6H,1-2H3,(H,13,14). The Morgan fingerprint density at radius 1 is 1.40 bits per heavy atom. The van der Waals surface area contributed by atoms with Crippen molar-refractivity contribution in [1.29, 1.82) is 0 Å². The minimum absolute atomic E-state index is 0.238. The Morgan fingerprint density at radius 3 is 2.73 bits per heavy atom. The molecule has 0 atom stereocenters. The Labute approximate surface area is 86.9 Å². The van der Waals surface area contributed by atoms with E-state index in [2.05, 4.69) is 9.97 Å². The van der Waals surface area contributed by atoms with Gasteiger partial charge in [-0.2, -0.15) is 0 Å². The number of methoxy groups -OCH3 is 1. The Kier molecular flexibility index (Phi) is 2.41. The molecule has 1 aromatic heterocycles. The fraction of sp³-hybridized carbons (Fsp3) is 0.182. The Bertz CT molecular complexity index is 479. The van der Waals surface area contributed by atoms with Crippen LogP contribution in [0.5, 0.6) is 5.75 Å². The Hall–Kier alpha value is -1.84. The first-order chi connectivity index (χ1) is 7.20. The van der Waals surface area contributed by atoms with Gasteiger partial charge in [-0.15, -0.1) is 0 Å². The summed E-state index contributed by atoms with van der Waals surface area (Å²) < 4.78 is 18.2. The van der Waals surface area contributed by atoms with E-state index in [0.29, 0.717) is 11.4 Å². The first-order valence-corrected chi connectivity index (χ1v) is 4.56. The number of aromatic amines is 1. The molecule has 0 amide bonds. The van der Waals surface area contributed by atoms with E-state index in [0.717, 1.165) is 5.69 Å². The summed E-state index contributed by atoms with van der Waals surface area (Å²) in [6.45, 7) is 1.90. The monoisotopic (exact) mass is 206 g/mol. The normalized spacial score (nSPS) is 10.3. The van der Waals surface area contributed by atoms with Crippen molar-refractivity contribution in [2.24, 2.45) is 0 Å². The number of nitrogens with one attached hydrogen (secondary N) is 1. The zero-order chi connectivity index (χ0) is 10.8. The lowest BCUT2D eigenvalue weighted by atomic mass is 10.2. The van der Waals surface area contributed by atoms with Crippen molar-refractivity contribution in [3.05, 3.63) is 35.9 Å². The topological polar surface area (TPSA) is 37.9 Å². The van der Waals surface area contributed by atoms with Crippen LogP contribution in [0.1, 0.15) is 5.69 Å². The van der Waals surface area contributed by atoms with E-state index in [-0.39, 0.29) is 11.6 Å². The number of benzene rings is 1. The molecule has 15 heavy (non-hydrogen) atoms. The molecule has 0 radical (unpaired) electrons. The molecule has 2 aromatic rings. The highest BCUT2D eigenvalue weighted by atomic mass is 19.1. The number of nitrogens with zero attached hydrogens (tertiary/aromatic N) is 1. The van der Waals surface area contributed by atoms with Crippen LogP contribution in [0, 0.1) is 12.7 Å². The summed E-state index contributed by atoms with van der Waals surface area (Å²) in [4.78, 5) is 7.16. The molecular formula is C11H11FN2O. The van der Waals surface area contributed by atoms with Gasteiger partial charge in [0.05, 0.1) is 7.11 Å². The zero-order valence-electron chi connectivity index (χ0n) is 8.54. The second-order valence-corrected chi connectivity index (χ2v) is 3.26. The van der Waals surface area contributed by atoms with Crippen molar-refractivity contribution < 1.29 is 9.13 Å². The summed E-state index contributed by atoms with van der Waals surface area (Å²) in [5, 5.41) is 0. The van der Waals surface area contributed by atoms with Gasteiger partial charge < -0.3 is 9.72 Å². The van der Waals surface area contributed by atoms with E-state index in [1.807, 2.05) is 6.92 Å². The highest BCUT2D eigenvalue weighted by molar-refractivity contribution is 5.56. The van der Waals surface area contributed by atoms with Crippen molar-refractivity contribution in [3.63, 3.8) is 0 Å². The highest BCUT2D eigenvalue weighted by Crippen LogP contribution is 2.23. The van der Waals surface area contributed by atoms with Crippen LogP contribution in [0.4, 0.5) is 4.39 Å². The van der Waals surface area contributed by atoms with Crippen LogP contribution in [-0.4, -0.2) is 17.1 Å². The maximum Gasteiger partial charge on any atom is 0.165 e. The average molecular weight is 206 g/mol. The minimum Gasteiger partial charge on any atom is -0.494 e. The van der Waals surface area contributed by atoms with Crippen LogP contribution in [-0.2, 0) is 0 Å². The third-order valence-corrected chi connectivity index (χ3v) is 2.13. The number of halogens is 1. The van der Waals surface area contributed by atoms with Crippen LogP contribution in [0.3, 0.4) is 0 Å². The van der Waals surface area contributed by atoms with Gasteiger partial charge in [-0.1, -0.05) is 0 Å². The van der Waals surface area contributed by atoms with E-state index in [9.17, 15) is 4.39 Å². The van der Waals surface area contributed by atoms with Crippen LogP contribution in [0.15, 0.2) is 24.4 Å². The number of aromatic nitrogens is 2. The van der Waals surface area contributed by atoms with Gasteiger partial charge in [-0.25, -0.2) is 9.37 Å². The molecule has 0 fully saturated rings. The summed E-state index contributed by atoms with van der Waals surface area (Å²) in [5.74, 6) is 0.514. The predicted molar refractivity (Wildman–Crippen MR) is 55.3 cm³/mol. The number of hydrogen-bond acceptors (Lipinski definition) is 2. The van der Waals surface area contributed by atoms with Crippen molar-refractivity contribution in [1.82, 2.24) is 9.97 Å². The van der Waals surface area contributed by atoms with Crippen LogP contribution < -0.4 is 4.74 Å². The maximum absolute atomic E-state index is 13.4. The second-order valence-electron chi connectivity index (χ2n) is 3.26. The molecule has 0 aliphatic rings. The molecule has 0 unspecified atom stereocenters. The quantitative estimate of drug-likeness (QED) is 0.819. The molecule has 0 spiro atoms. The third kappa shape index (κ3) is 1.83. The number of ether oxygens (including phenoxy) is 1. The average Bonchev–Trinajstić information content (AvgIpc) is 2.65. The van der Waals surface area contributed by atoms with E-state index >= 15 is 0 Å². The van der Waals surface area contributed by atoms with Gasteiger partial charge in [0.25, 0.3) is 0 Å². The molecule has 1 heterocycles. The van der Waals surface area contributed by atoms with Gasteiger partial charge in [-0.05, 0) is 25.1 Å².